The first-order valence-electron chi connectivity index (χ1n) is 6.55. The van der Waals surface area contributed by atoms with Crippen molar-refractivity contribution in [3.05, 3.63) is 17.2 Å². The highest BCUT2D eigenvalue weighted by molar-refractivity contribution is 5.70. The Hall–Kier alpha value is -1.36. The predicted molar refractivity (Wildman–Crippen MR) is 64.3 cm³/mol. The molecule has 0 radical (unpaired) electrons. The normalized spacial score (nSPS) is 27.2. The zero-order valence-corrected chi connectivity index (χ0v) is 10.6. The van der Waals surface area contributed by atoms with Gasteiger partial charge in [0, 0.05) is 25.8 Å². The lowest BCUT2D eigenvalue weighted by Crippen LogP contribution is -2.22. The maximum Gasteiger partial charge on any atom is 0.306 e. The van der Waals surface area contributed by atoms with E-state index in [0.717, 1.165) is 37.4 Å². The van der Waals surface area contributed by atoms with Gasteiger partial charge in [0.05, 0.1) is 11.6 Å². The Balaban J connectivity index is 1.89. The van der Waals surface area contributed by atoms with Crippen molar-refractivity contribution < 1.29 is 14.6 Å². The van der Waals surface area contributed by atoms with Crippen LogP contribution in [0.5, 0.6) is 0 Å². The van der Waals surface area contributed by atoms with Gasteiger partial charge >= 0.3 is 5.97 Å². The maximum atomic E-state index is 11.1. The van der Waals surface area contributed by atoms with Crippen LogP contribution in [0.3, 0.4) is 0 Å². The molecule has 0 amide bonds. The van der Waals surface area contributed by atoms with Gasteiger partial charge in [0.2, 0.25) is 0 Å². The highest BCUT2D eigenvalue weighted by Crippen LogP contribution is 2.32. The second-order valence-corrected chi connectivity index (χ2v) is 5.20. The highest BCUT2D eigenvalue weighted by atomic mass is 16.5. The van der Waals surface area contributed by atoms with Gasteiger partial charge in [-0.15, -0.1) is 0 Å². The molecule has 2 unspecified atom stereocenters. The van der Waals surface area contributed by atoms with Crippen LogP contribution in [0.4, 0.5) is 0 Å². The molecule has 5 nitrogen and oxygen atoms in total. The summed E-state index contributed by atoms with van der Waals surface area (Å²) in [5, 5.41) is 9.09. The lowest BCUT2D eigenvalue weighted by atomic mass is 9.90. The van der Waals surface area contributed by atoms with Crippen LogP contribution in [0.25, 0.3) is 0 Å². The van der Waals surface area contributed by atoms with Gasteiger partial charge in [-0.1, -0.05) is 0 Å². The van der Waals surface area contributed by atoms with Gasteiger partial charge in [-0.25, -0.2) is 4.98 Å². The van der Waals surface area contributed by atoms with Crippen LogP contribution in [0, 0.1) is 5.92 Å². The average molecular weight is 250 g/mol. The quantitative estimate of drug-likeness (QED) is 0.863. The largest absolute Gasteiger partial charge is 0.481 e. The standard InChI is InChI=1S/C13H18N2O3/c1-15-10-5-4-8(13(16)17)7-9(10)14-12(15)11-3-2-6-18-11/h8,11H,2-7H2,1H3,(H,16,17). The molecule has 2 heterocycles. The van der Waals surface area contributed by atoms with E-state index in [1.165, 1.54) is 5.69 Å². The minimum atomic E-state index is -0.704. The number of aromatic nitrogens is 2. The molecule has 18 heavy (non-hydrogen) atoms. The first-order chi connectivity index (χ1) is 8.66. The molecular weight excluding hydrogens is 232 g/mol. The molecule has 3 rings (SSSR count). The summed E-state index contributed by atoms with van der Waals surface area (Å²) in [6, 6.07) is 0. The fourth-order valence-electron chi connectivity index (χ4n) is 3.01. The molecular formula is C13H18N2O3. The first-order valence-corrected chi connectivity index (χ1v) is 6.55. The summed E-state index contributed by atoms with van der Waals surface area (Å²) in [5.41, 5.74) is 2.15. The summed E-state index contributed by atoms with van der Waals surface area (Å²) in [6.07, 6.45) is 4.29. The van der Waals surface area contributed by atoms with Gasteiger partial charge in [-0.2, -0.15) is 0 Å². The van der Waals surface area contributed by atoms with Crippen LogP contribution in [-0.2, 0) is 29.4 Å². The molecule has 2 aliphatic rings. The van der Waals surface area contributed by atoms with Gasteiger partial charge in [0.25, 0.3) is 0 Å². The molecule has 1 aliphatic carbocycles. The van der Waals surface area contributed by atoms with E-state index in [1.807, 2.05) is 7.05 Å². The summed E-state index contributed by atoms with van der Waals surface area (Å²) in [5.74, 6) is -0.00162. The Kier molecular flexibility index (Phi) is 2.86. The maximum absolute atomic E-state index is 11.1. The number of aliphatic carboxylic acids is 1. The average Bonchev–Trinajstić information content (AvgIpc) is 2.97. The Morgan fingerprint density at radius 2 is 2.33 bits per heavy atom. The molecule has 2 atom stereocenters. The van der Waals surface area contributed by atoms with Crippen LogP contribution in [0.2, 0.25) is 0 Å². The van der Waals surface area contributed by atoms with Crippen LogP contribution >= 0.6 is 0 Å². The predicted octanol–water partition coefficient (Wildman–Crippen LogP) is 1.46. The number of carbonyl (C=O) groups is 1. The topological polar surface area (TPSA) is 64.4 Å². The number of imidazole rings is 1. The summed E-state index contributed by atoms with van der Waals surface area (Å²) >= 11 is 0. The van der Waals surface area contributed by atoms with E-state index in [4.69, 9.17) is 9.84 Å². The Bertz CT molecular complexity index is 475. The van der Waals surface area contributed by atoms with Crippen molar-refractivity contribution in [3.8, 4) is 0 Å². The fraction of sp³-hybridized carbons (Fsp3) is 0.692. The Morgan fingerprint density at radius 1 is 1.50 bits per heavy atom. The number of fused-ring (bicyclic) bond motifs is 1. The van der Waals surface area contributed by atoms with E-state index in [9.17, 15) is 4.79 Å². The number of ether oxygens (including phenoxy) is 1. The van der Waals surface area contributed by atoms with Crippen molar-refractivity contribution in [2.24, 2.45) is 13.0 Å². The molecule has 98 valence electrons. The lowest BCUT2D eigenvalue weighted by molar-refractivity contribution is -0.142. The van der Waals surface area contributed by atoms with Gasteiger partial charge < -0.3 is 14.4 Å². The van der Waals surface area contributed by atoms with Crippen LogP contribution < -0.4 is 0 Å². The van der Waals surface area contributed by atoms with Gasteiger partial charge in [0.15, 0.2) is 0 Å². The van der Waals surface area contributed by atoms with Crippen LogP contribution in [-0.4, -0.2) is 27.2 Å². The van der Waals surface area contributed by atoms with E-state index in [0.29, 0.717) is 12.8 Å². The minimum Gasteiger partial charge on any atom is -0.481 e. The second-order valence-electron chi connectivity index (χ2n) is 5.20. The van der Waals surface area contributed by atoms with Crippen molar-refractivity contribution in [2.75, 3.05) is 6.61 Å². The van der Waals surface area contributed by atoms with Crippen LogP contribution in [0.15, 0.2) is 0 Å². The molecule has 0 bridgehead atoms. The van der Waals surface area contributed by atoms with Crippen LogP contribution in [0.1, 0.15) is 42.6 Å². The third-order valence-corrected chi connectivity index (χ3v) is 4.07. The number of hydrogen-bond acceptors (Lipinski definition) is 3. The molecule has 1 aliphatic heterocycles. The first kappa shape index (κ1) is 11.7. The van der Waals surface area contributed by atoms with Crippen molar-refractivity contribution in [1.82, 2.24) is 9.55 Å². The van der Waals surface area contributed by atoms with Gasteiger partial charge in [-0.05, 0) is 25.7 Å². The molecule has 5 heteroatoms. The second kappa shape index (κ2) is 4.39. The summed E-state index contributed by atoms with van der Waals surface area (Å²) in [6.45, 7) is 0.806. The molecule has 1 N–H and O–H groups in total. The monoisotopic (exact) mass is 250 g/mol. The van der Waals surface area contributed by atoms with E-state index in [2.05, 4.69) is 9.55 Å². The molecule has 1 saturated heterocycles. The number of carboxylic acid groups (broad SMARTS) is 1. The molecule has 1 aromatic heterocycles. The molecule has 0 aromatic carbocycles. The van der Waals surface area contributed by atoms with E-state index < -0.39 is 5.97 Å². The number of rotatable bonds is 2. The van der Waals surface area contributed by atoms with E-state index in [-0.39, 0.29) is 12.0 Å². The van der Waals surface area contributed by atoms with Crippen molar-refractivity contribution in [2.45, 2.75) is 38.2 Å². The van der Waals surface area contributed by atoms with Gasteiger partial charge in [-0.3, -0.25) is 4.79 Å². The van der Waals surface area contributed by atoms with Gasteiger partial charge in [0.1, 0.15) is 11.9 Å². The van der Waals surface area contributed by atoms with Crippen molar-refractivity contribution >= 4 is 5.97 Å². The minimum absolute atomic E-state index is 0.101. The molecule has 1 aromatic rings. The Morgan fingerprint density at radius 3 is 3.00 bits per heavy atom. The SMILES string of the molecule is Cn1c(C2CCCO2)nc2c1CCC(C(=O)O)C2. The fourth-order valence-corrected chi connectivity index (χ4v) is 3.01. The zero-order chi connectivity index (χ0) is 12.7. The molecule has 0 saturated carbocycles. The molecule has 1 fully saturated rings. The van der Waals surface area contributed by atoms with Crippen molar-refractivity contribution in [3.63, 3.8) is 0 Å². The third kappa shape index (κ3) is 1.82. The van der Waals surface area contributed by atoms with E-state index in [1.54, 1.807) is 0 Å². The van der Waals surface area contributed by atoms with Crippen molar-refractivity contribution in [1.29, 1.82) is 0 Å². The highest BCUT2D eigenvalue weighted by Gasteiger charge is 2.31. The summed E-state index contributed by atoms with van der Waals surface area (Å²) in [7, 11) is 2.02. The zero-order valence-electron chi connectivity index (χ0n) is 10.6. The number of nitrogens with zero attached hydrogens (tertiary/aromatic N) is 2. The third-order valence-electron chi connectivity index (χ3n) is 4.07. The smallest absolute Gasteiger partial charge is 0.306 e. The number of hydrogen-bond donors (Lipinski definition) is 1. The van der Waals surface area contributed by atoms with E-state index >= 15 is 0 Å². The summed E-state index contributed by atoms with van der Waals surface area (Å²) < 4.78 is 7.79. The Labute approximate surface area is 106 Å². The lowest BCUT2D eigenvalue weighted by Gasteiger charge is -2.18. The number of carboxylic acids is 1. The molecule has 0 spiro atoms. The summed E-state index contributed by atoms with van der Waals surface area (Å²) in [4.78, 5) is 15.7.